The Labute approximate surface area is 127 Å². The van der Waals surface area contributed by atoms with Crippen molar-refractivity contribution < 1.29 is 4.79 Å². The number of aryl methyl sites for hydroxylation is 2. The van der Waals surface area contributed by atoms with E-state index in [2.05, 4.69) is 24.0 Å². The SMILES string of the molecule is CN(C)[C@@H]1CCCN(C(=O)CCc2nccn2C)C1.Cl. The van der Waals surface area contributed by atoms with E-state index in [4.69, 9.17) is 0 Å². The van der Waals surface area contributed by atoms with E-state index >= 15 is 0 Å². The second-order valence-electron chi connectivity index (χ2n) is 5.55. The van der Waals surface area contributed by atoms with Crippen LogP contribution in [-0.2, 0) is 18.3 Å². The molecule has 1 aliphatic heterocycles. The molecular formula is C14H25ClN4O. The topological polar surface area (TPSA) is 41.4 Å². The minimum Gasteiger partial charge on any atom is -0.341 e. The Bertz CT molecular complexity index is 433. The van der Waals surface area contributed by atoms with Crippen LogP contribution in [0.4, 0.5) is 0 Å². The van der Waals surface area contributed by atoms with Gasteiger partial charge in [0.05, 0.1) is 0 Å². The smallest absolute Gasteiger partial charge is 0.223 e. The van der Waals surface area contributed by atoms with Gasteiger partial charge in [0.2, 0.25) is 5.91 Å². The van der Waals surface area contributed by atoms with Crippen molar-refractivity contribution in [2.45, 2.75) is 31.7 Å². The number of hydrogen-bond acceptors (Lipinski definition) is 3. The van der Waals surface area contributed by atoms with Crippen molar-refractivity contribution in [3.05, 3.63) is 18.2 Å². The van der Waals surface area contributed by atoms with Gasteiger partial charge in [-0.25, -0.2) is 4.98 Å². The van der Waals surface area contributed by atoms with E-state index in [-0.39, 0.29) is 18.3 Å². The Morgan fingerprint density at radius 1 is 1.50 bits per heavy atom. The molecule has 0 N–H and O–H groups in total. The first-order valence-electron chi connectivity index (χ1n) is 6.98. The third-order valence-corrected chi connectivity index (χ3v) is 3.96. The molecule has 1 fully saturated rings. The number of likely N-dealkylation sites (tertiary alicyclic amines) is 1. The van der Waals surface area contributed by atoms with Gasteiger partial charge in [-0.2, -0.15) is 0 Å². The first-order valence-corrected chi connectivity index (χ1v) is 6.98. The Kier molecular flexibility index (Phi) is 6.49. The molecule has 0 aromatic carbocycles. The molecule has 114 valence electrons. The minimum atomic E-state index is 0. The number of carbonyl (C=O) groups is 1. The molecule has 0 bridgehead atoms. The zero-order chi connectivity index (χ0) is 13.8. The quantitative estimate of drug-likeness (QED) is 0.842. The number of halogens is 1. The van der Waals surface area contributed by atoms with Gasteiger partial charge in [0.15, 0.2) is 0 Å². The van der Waals surface area contributed by atoms with E-state index in [9.17, 15) is 4.79 Å². The van der Waals surface area contributed by atoms with Crippen LogP contribution in [-0.4, -0.2) is 58.5 Å². The van der Waals surface area contributed by atoms with Crippen molar-refractivity contribution in [2.24, 2.45) is 7.05 Å². The minimum absolute atomic E-state index is 0. The van der Waals surface area contributed by atoms with E-state index < -0.39 is 0 Å². The molecule has 1 amide bonds. The molecule has 1 atom stereocenters. The number of carbonyl (C=O) groups excluding carboxylic acids is 1. The van der Waals surface area contributed by atoms with Gasteiger partial charge in [-0.05, 0) is 26.9 Å². The first-order chi connectivity index (χ1) is 9.08. The molecule has 1 aromatic rings. The molecule has 1 saturated heterocycles. The Balaban J connectivity index is 0.00000200. The van der Waals surface area contributed by atoms with Crippen LogP contribution in [0.3, 0.4) is 0 Å². The van der Waals surface area contributed by atoms with Gasteiger partial charge in [0, 0.05) is 51.4 Å². The fraction of sp³-hybridized carbons (Fsp3) is 0.714. The highest BCUT2D eigenvalue weighted by Gasteiger charge is 2.24. The second kappa shape index (κ2) is 7.64. The van der Waals surface area contributed by atoms with E-state index in [0.717, 1.165) is 31.8 Å². The average Bonchev–Trinajstić information content (AvgIpc) is 2.81. The summed E-state index contributed by atoms with van der Waals surface area (Å²) in [5, 5.41) is 0. The number of piperidine rings is 1. The Morgan fingerprint density at radius 2 is 2.25 bits per heavy atom. The largest absolute Gasteiger partial charge is 0.341 e. The van der Waals surface area contributed by atoms with Crippen molar-refractivity contribution in [2.75, 3.05) is 27.2 Å². The molecule has 2 heterocycles. The van der Waals surface area contributed by atoms with E-state index in [1.165, 1.54) is 6.42 Å². The maximum absolute atomic E-state index is 12.2. The lowest BCUT2D eigenvalue weighted by molar-refractivity contribution is -0.133. The zero-order valence-electron chi connectivity index (χ0n) is 12.6. The van der Waals surface area contributed by atoms with Crippen LogP contribution in [0.2, 0.25) is 0 Å². The van der Waals surface area contributed by atoms with Crippen LogP contribution in [0, 0.1) is 0 Å². The van der Waals surface area contributed by atoms with Crippen molar-refractivity contribution >= 4 is 18.3 Å². The number of hydrogen-bond donors (Lipinski definition) is 0. The van der Waals surface area contributed by atoms with Crippen molar-refractivity contribution in [3.8, 4) is 0 Å². The van der Waals surface area contributed by atoms with Crippen molar-refractivity contribution in [1.82, 2.24) is 19.4 Å². The lowest BCUT2D eigenvalue weighted by atomic mass is 10.0. The third-order valence-electron chi connectivity index (χ3n) is 3.96. The van der Waals surface area contributed by atoms with Gasteiger partial charge in [-0.15, -0.1) is 12.4 Å². The standard InChI is InChI=1S/C14H24N4O.ClH/c1-16(2)12-5-4-9-18(11-12)14(19)7-6-13-15-8-10-17(13)3;/h8,10,12H,4-7,9,11H2,1-3H3;1H/t12-;/m1./s1. The molecule has 1 aliphatic rings. The Morgan fingerprint density at radius 3 is 2.85 bits per heavy atom. The van der Waals surface area contributed by atoms with Crippen molar-refractivity contribution in [1.29, 1.82) is 0 Å². The maximum Gasteiger partial charge on any atom is 0.223 e. The predicted octanol–water partition coefficient (Wildman–Crippen LogP) is 1.33. The summed E-state index contributed by atoms with van der Waals surface area (Å²) in [4.78, 5) is 20.7. The molecule has 0 spiro atoms. The Hall–Kier alpha value is -1.07. The molecule has 2 rings (SSSR count). The summed E-state index contributed by atoms with van der Waals surface area (Å²) in [5.74, 6) is 1.24. The summed E-state index contributed by atoms with van der Waals surface area (Å²) in [6, 6.07) is 0.505. The highest BCUT2D eigenvalue weighted by molar-refractivity contribution is 5.85. The number of likely N-dealkylation sites (N-methyl/N-ethyl adjacent to an activating group) is 1. The fourth-order valence-electron chi connectivity index (χ4n) is 2.62. The predicted molar refractivity (Wildman–Crippen MR) is 82.1 cm³/mol. The van der Waals surface area contributed by atoms with Gasteiger partial charge in [-0.3, -0.25) is 4.79 Å². The number of imidazole rings is 1. The van der Waals surface area contributed by atoms with E-state index in [1.54, 1.807) is 6.20 Å². The highest BCUT2D eigenvalue weighted by atomic mass is 35.5. The normalized spacial score (nSPS) is 19.0. The van der Waals surface area contributed by atoms with Crippen LogP contribution in [0.25, 0.3) is 0 Å². The molecule has 0 saturated carbocycles. The molecular weight excluding hydrogens is 276 g/mol. The molecule has 0 unspecified atom stereocenters. The number of aromatic nitrogens is 2. The van der Waals surface area contributed by atoms with Gasteiger partial charge < -0.3 is 14.4 Å². The maximum atomic E-state index is 12.2. The summed E-state index contributed by atoms with van der Waals surface area (Å²) < 4.78 is 1.98. The van der Waals surface area contributed by atoms with E-state index in [1.807, 2.05) is 22.7 Å². The van der Waals surface area contributed by atoms with Crippen LogP contribution >= 0.6 is 12.4 Å². The van der Waals surface area contributed by atoms with E-state index in [0.29, 0.717) is 12.5 Å². The highest BCUT2D eigenvalue weighted by Crippen LogP contribution is 2.15. The van der Waals surface area contributed by atoms with Gasteiger partial charge in [0.1, 0.15) is 5.82 Å². The number of amides is 1. The summed E-state index contributed by atoms with van der Waals surface area (Å²) in [5.41, 5.74) is 0. The molecule has 0 radical (unpaired) electrons. The monoisotopic (exact) mass is 300 g/mol. The molecule has 1 aromatic heterocycles. The summed E-state index contributed by atoms with van der Waals surface area (Å²) in [7, 11) is 6.15. The first kappa shape index (κ1) is 17.0. The average molecular weight is 301 g/mol. The molecule has 0 aliphatic carbocycles. The van der Waals surface area contributed by atoms with Crippen molar-refractivity contribution in [3.63, 3.8) is 0 Å². The van der Waals surface area contributed by atoms with Crippen LogP contribution < -0.4 is 0 Å². The number of rotatable bonds is 4. The lowest BCUT2D eigenvalue weighted by Crippen LogP contribution is -2.47. The molecule has 20 heavy (non-hydrogen) atoms. The number of nitrogens with zero attached hydrogens (tertiary/aromatic N) is 4. The lowest BCUT2D eigenvalue weighted by Gasteiger charge is -2.36. The van der Waals surface area contributed by atoms with Gasteiger partial charge >= 0.3 is 0 Å². The van der Waals surface area contributed by atoms with Crippen LogP contribution in [0.15, 0.2) is 12.4 Å². The summed E-state index contributed by atoms with van der Waals surface area (Å²) in [6.45, 7) is 1.77. The van der Waals surface area contributed by atoms with Crippen LogP contribution in [0.1, 0.15) is 25.1 Å². The zero-order valence-corrected chi connectivity index (χ0v) is 13.4. The molecule has 5 nitrogen and oxygen atoms in total. The summed E-state index contributed by atoms with van der Waals surface area (Å²) in [6.07, 6.45) is 7.29. The summed E-state index contributed by atoms with van der Waals surface area (Å²) >= 11 is 0. The molecule has 6 heteroatoms. The fourth-order valence-corrected chi connectivity index (χ4v) is 2.62. The van der Waals surface area contributed by atoms with Crippen LogP contribution in [0.5, 0.6) is 0 Å². The second-order valence-corrected chi connectivity index (χ2v) is 5.55. The third kappa shape index (κ3) is 4.21. The van der Waals surface area contributed by atoms with Gasteiger partial charge in [-0.1, -0.05) is 0 Å². The van der Waals surface area contributed by atoms with Gasteiger partial charge in [0.25, 0.3) is 0 Å².